The average molecular weight is 317 g/mol. The summed E-state index contributed by atoms with van der Waals surface area (Å²) in [7, 11) is 0. The number of benzene rings is 1. The molecule has 22 heavy (non-hydrogen) atoms. The number of amides is 2. The third-order valence-electron chi connectivity index (χ3n) is 2.87. The Morgan fingerprint density at radius 1 is 1.36 bits per heavy atom. The van der Waals surface area contributed by atoms with Crippen LogP contribution in [0.15, 0.2) is 24.3 Å². The fourth-order valence-corrected chi connectivity index (χ4v) is 1.98. The SMILES string of the molecule is O=C(C[C@@H]1NCCNC1=O)Nc1cccc(OC(F)(F)F)c1. The quantitative estimate of drug-likeness (QED) is 0.774. The first-order chi connectivity index (χ1) is 10.3. The molecule has 2 rings (SSSR count). The number of ether oxygens (including phenoxy) is 1. The minimum atomic E-state index is -4.80. The van der Waals surface area contributed by atoms with Crippen LogP contribution < -0.4 is 20.7 Å². The van der Waals surface area contributed by atoms with Gasteiger partial charge < -0.3 is 20.7 Å². The molecule has 1 heterocycles. The van der Waals surface area contributed by atoms with Crippen molar-refractivity contribution in [2.24, 2.45) is 0 Å². The zero-order valence-corrected chi connectivity index (χ0v) is 11.4. The smallest absolute Gasteiger partial charge is 0.406 e. The van der Waals surface area contributed by atoms with Crippen molar-refractivity contribution in [3.63, 3.8) is 0 Å². The lowest BCUT2D eigenvalue weighted by Crippen LogP contribution is -2.53. The van der Waals surface area contributed by atoms with Crippen LogP contribution in [0.25, 0.3) is 0 Å². The molecule has 0 radical (unpaired) electrons. The van der Waals surface area contributed by atoms with E-state index in [1.807, 2.05) is 0 Å². The molecule has 1 saturated heterocycles. The van der Waals surface area contributed by atoms with Crippen molar-refractivity contribution in [2.45, 2.75) is 18.8 Å². The maximum absolute atomic E-state index is 12.1. The van der Waals surface area contributed by atoms with Gasteiger partial charge in [0.15, 0.2) is 0 Å². The van der Waals surface area contributed by atoms with Gasteiger partial charge >= 0.3 is 6.36 Å². The van der Waals surface area contributed by atoms with Crippen molar-refractivity contribution >= 4 is 17.5 Å². The van der Waals surface area contributed by atoms with E-state index in [-0.39, 0.29) is 18.0 Å². The number of carbonyl (C=O) groups is 2. The van der Waals surface area contributed by atoms with E-state index in [2.05, 4.69) is 20.7 Å². The average Bonchev–Trinajstić information content (AvgIpc) is 2.40. The topological polar surface area (TPSA) is 79.5 Å². The van der Waals surface area contributed by atoms with Gasteiger partial charge in [-0.05, 0) is 12.1 Å². The summed E-state index contributed by atoms with van der Waals surface area (Å²) >= 11 is 0. The van der Waals surface area contributed by atoms with Crippen LogP contribution in [-0.4, -0.2) is 37.3 Å². The largest absolute Gasteiger partial charge is 0.573 e. The molecule has 0 bridgehead atoms. The van der Waals surface area contributed by atoms with Gasteiger partial charge in [0.05, 0.1) is 12.5 Å². The van der Waals surface area contributed by atoms with Crippen LogP contribution in [0.3, 0.4) is 0 Å². The number of halogens is 3. The van der Waals surface area contributed by atoms with Crippen molar-refractivity contribution in [1.82, 2.24) is 10.6 Å². The molecule has 1 atom stereocenters. The summed E-state index contributed by atoms with van der Waals surface area (Å²) in [5.74, 6) is -1.20. The minimum absolute atomic E-state index is 0.115. The molecule has 0 spiro atoms. The first-order valence-corrected chi connectivity index (χ1v) is 6.50. The second kappa shape index (κ2) is 6.65. The molecule has 1 aromatic carbocycles. The fourth-order valence-electron chi connectivity index (χ4n) is 1.98. The van der Waals surface area contributed by atoms with Crippen molar-refractivity contribution in [1.29, 1.82) is 0 Å². The van der Waals surface area contributed by atoms with E-state index < -0.39 is 24.1 Å². The number of carbonyl (C=O) groups excluding carboxylic acids is 2. The fraction of sp³-hybridized carbons (Fsp3) is 0.385. The van der Waals surface area contributed by atoms with Crippen molar-refractivity contribution < 1.29 is 27.5 Å². The molecule has 0 aromatic heterocycles. The molecule has 3 N–H and O–H groups in total. The van der Waals surface area contributed by atoms with Gasteiger partial charge in [0.2, 0.25) is 11.8 Å². The molecule has 9 heteroatoms. The highest BCUT2D eigenvalue weighted by molar-refractivity contribution is 5.95. The second-order valence-corrected chi connectivity index (χ2v) is 4.63. The zero-order chi connectivity index (χ0) is 16.2. The Labute approximate surface area is 124 Å². The summed E-state index contributed by atoms with van der Waals surface area (Å²) in [5.41, 5.74) is 0.156. The van der Waals surface area contributed by atoms with Crippen molar-refractivity contribution in [2.75, 3.05) is 18.4 Å². The summed E-state index contributed by atoms with van der Waals surface area (Å²) in [6.07, 6.45) is -4.91. The predicted molar refractivity (Wildman–Crippen MR) is 71.2 cm³/mol. The van der Waals surface area contributed by atoms with Crippen LogP contribution in [0.1, 0.15) is 6.42 Å². The number of nitrogens with one attached hydrogen (secondary N) is 3. The molecule has 2 amide bonds. The van der Waals surface area contributed by atoms with Crippen LogP contribution in [0.4, 0.5) is 18.9 Å². The third kappa shape index (κ3) is 4.92. The van der Waals surface area contributed by atoms with Gasteiger partial charge in [0, 0.05) is 24.8 Å². The Morgan fingerprint density at radius 2 is 2.14 bits per heavy atom. The number of rotatable bonds is 4. The first-order valence-electron chi connectivity index (χ1n) is 6.50. The van der Waals surface area contributed by atoms with Gasteiger partial charge in [-0.3, -0.25) is 9.59 Å². The standard InChI is InChI=1S/C13H14F3N3O3/c14-13(15,16)22-9-3-1-2-8(6-9)19-11(20)7-10-12(21)18-5-4-17-10/h1-3,6,10,17H,4-5,7H2,(H,18,21)(H,19,20)/t10-/m0/s1. The van der Waals surface area contributed by atoms with Gasteiger partial charge in [-0.1, -0.05) is 6.07 Å². The minimum Gasteiger partial charge on any atom is -0.406 e. The van der Waals surface area contributed by atoms with Crippen LogP contribution in [-0.2, 0) is 9.59 Å². The predicted octanol–water partition coefficient (Wildman–Crippen LogP) is 1.00. The summed E-state index contributed by atoms with van der Waals surface area (Å²) in [4.78, 5) is 23.3. The maximum atomic E-state index is 12.1. The normalized spacial score (nSPS) is 18.5. The highest BCUT2D eigenvalue weighted by atomic mass is 19.4. The van der Waals surface area contributed by atoms with Gasteiger partial charge in [0.1, 0.15) is 5.75 Å². The number of hydrogen-bond donors (Lipinski definition) is 3. The Balaban J connectivity index is 1.93. The molecule has 0 saturated carbocycles. The highest BCUT2D eigenvalue weighted by Gasteiger charge is 2.31. The van der Waals surface area contributed by atoms with E-state index in [9.17, 15) is 22.8 Å². The summed E-state index contributed by atoms with van der Waals surface area (Å²) in [6.45, 7) is 1.05. The summed E-state index contributed by atoms with van der Waals surface area (Å²) in [6, 6.07) is 4.28. The maximum Gasteiger partial charge on any atom is 0.573 e. The molecule has 6 nitrogen and oxygen atoms in total. The van der Waals surface area contributed by atoms with Crippen molar-refractivity contribution in [3.8, 4) is 5.75 Å². The molecule has 0 unspecified atom stereocenters. The molecular formula is C13H14F3N3O3. The van der Waals surface area contributed by atoms with E-state index in [4.69, 9.17) is 0 Å². The van der Waals surface area contributed by atoms with E-state index in [1.54, 1.807) is 0 Å². The van der Waals surface area contributed by atoms with Crippen LogP contribution >= 0.6 is 0 Å². The Morgan fingerprint density at radius 3 is 2.82 bits per heavy atom. The number of anilines is 1. The Kier molecular flexibility index (Phi) is 4.86. The molecule has 1 aromatic rings. The molecule has 1 aliphatic heterocycles. The monoisotopic (exact) mass is 317 g/mol. The molecule has 1 fully saturated rings. The second-order valence-electron chi connectivity index (χ2n) is 4.63. The first kappa shape index (κ1) is 16.1. The Bertz CT molecular complexity index is 563. The van der Waals surface area contributed by atoms with Gasteiger partial charge in [-0.15, -0.1) is 13.2 Å². The lowest BCUT2D eigenvalue weighted by atomic mass is 10.1. The van der Waals surface area contributed by atoms with Crippen LogP contribution in [0.5, 0.6) is 5.75 Å². The van der Waals surface area contributed by atoms with E-state index >= 15 is 0 Å². The van der Waals surface area contributed by atoms with E-state index in [1.165, 1.54) is 12.1 Å². The van der Waals surface area contributed by atoms with E-state index in [0.717, 1.165) is 12.1 Å². The molecule has 0 aliphatic carbocycles. The number of hydrogen-bond acceptors (Lipinski definition) is 4. The molecule has 1 aliphatic rings. The number of alkyl halides is 3. The highest BCUT2D eigenvalue weighted by Crippen LogP contribution is 2.25. The van der Waals surface area contributed by atoms with Crippen molar-refractivity contribution in [3.05, 3.63) is 24.3 Å². The van der Waals surface area contributed by atoms with Crippen LogP contribution in [0, 0.1) is 0 Å². The summed E-state index contributed by atoms with van der Waals surface area (Å²) < 4.78 is 40.1. The van der Waals surface area contributed by atoms with E-state index in [0.29, 0.717) is 13.1 Å². The lowest BCUT2D eigenvalue weighted by Gasteiger charge is -2.22. The lowest BCUT2D eigenvalue weighted by molar-refractivity contribution is -0.274. The number of piperazine rings is 1. The Hall–Kier alpha value is -2.29. The van der Waals surface area contributed by atoms with Crippen LogP contribution in [0.2, 0.25) is 0 Å². The van der Waals surface area contributed by atoms with Gasteiger partial charge in [-0.2, -0.15) is 0 Å². The zero-order valence-electron chi connectivity index (χ0n) is 11.4. The van der Waals surface area contributed by atoms with Gasteiger partial charge in [-0.25, -0.2) is 0 Å². The molecule has 120 valence electrons. The third-order valence-corrected chi connectivity index (χ3v) is 2.87. The van der Waals surface area contributed by atoms with Gasteiger partial charge in [0.25, 0.3) is 0 Å². The molecular weight excluding hydrogens is 303 g/mol. The summed E-state index contributed by atoms with van der Waals surface area (Å²) in [5, 5.41) is 7.92.